The molecule has 0 atom stereocenters. The van der Waals surface area contributed by atoms with Crippen molar-refractivity contribution in [3.05, 3.63) is 0 Å². The SMILES string of the molecule is CCNC(=O)OC1CCC(C)CC1. The van der Waals surface area contributed by atoms with Crippen LogP contribution in [-0.4, -0.2) is 18.7 Å². The van der Waals surface area contributed by atoms with E-state index in [-0.39, 0.29) is 12.2 Å². The normalized spacial score (nSPS) is 28.2. The molecule has 13 heavy (non-hydrogen) atoms. The maximum atomic E-state index is 11.1. The lowest BCUT2D eigenvalue weighted by Crippen LogP contribution is -2.30. The molecule has 0 aliphatic heterocycles. The van der Waals surface area contributed by atoms with E-state index in [4.69, 9.17) is 4.74 Å². The van der Waals surface area contributed by atoms with Crippen molar-refractivity contribution in [2.24, 2.45) is 5.92 Å². The lowest BCUT2D eigenvalue weighted by atomic mass is 9.89. The Bertz CT molecular complexity index is 162. The van der Waals surface area contributed by atoms with Crippen molar-refractivity contribution < 1.29 is 9.53 Å². The van der Waals surface area contributed by atoms with Gasteiger partial charge in [0.05, 0.1) is 0 Å². The van der Waals surface area contributed by atoms with Gasteiger partial charge in [0.25, 0.3) is 0 Å². The summed E-state index contributed by atoms with van der Waals surface area (Å²) in [4.78, 5) is 11.1. The molecule has 3 heteroatoms. The van der Waals surface area contributed by atoms with Crippen LogP contribution in [0.2, 0.25) is 0 Å². The minimum atomic E-state index is -0.262. The van der Waals surface area contributed by atoms with E-state index in [2.05, 4.69) is 12.2 Å². The molecular formula is C10H19NO2. The quantitative estimate of drug-likeness (QED) is 0.717. The Kier molecular flexibility index (Phi) is 4.06. The standard InChI is InChI=1S/C10H19NO2/c1-3-11-10(12)13-9-6-4-8(2)5-7-9/h8-9H,3-7H2,1-2H3,(H,11,12). The molecule has 0 spiro atoms. The van der Waals surface area contributed by atoms with Crippen LogP contribution in [0.1, 0.15) is 39.5 Å². The van der Waals surface area contributed by atoms with Crippen LogP contribution >= 0.6 is 0 Å². The first-order valence-corrected chi connectivity index (χ1v) is 5.16. The maximum absolute atomic E-state index is 11.1. The van der Waals surface area contributed by atoms with Gasteiger partial charge in [-0.05, 0) is 38.5 Å². The number of hydrogen-bond donors (Lipinski definition) is 1. The Labute approximate surface area is 79.8 Å². The highest BCUT2D eigenvalue weighted by Crippen LogP contribution is 2.25. The average molecular weight is 185 g/mol. The molecule has 3 nitrogen and oxygen atoms in total. The molecular weight excluding hydrogens is 166 g/mol. The summed E-state index contributed by atoms with van der Waals surface area (Å²) in [5, 5.41) is 2.64. The van der Waals surface area contributed by atoms with E-state index in [1.807, 2.05) is 6.92 Å². The van der Waals surface area contributed by atoms with Gasteiger partial charge in [0.1, 0.15) is 6.10 Å². The van der Waals surface area contributed by atoms with E-state index in [0.717, 1.165) is 18.8 Å². The van der Waals surface area contributed by atoms with Crippen LogP contribution in [0.5, 0.6) is 0 Å². The van der Waals surface area contributed by atoms with E-state index in [1.54, 1.807) is 0 Å². The van der Waals surface area contributed by atoms with E-state index in [9.17, 15) is 4.79 Å². The minimum Gasteiger partial charge on any atom is -0.446 e. The summed E-state index contributed by atoms with van der Waals surface area (Å²) in [5.41, 5.74) is 0. The molecule has 76 valence electrons. The molecule has 1 aliphatic carbocycles. The van der Waals surface area contributed by atoms with Gasteiger partial charge in [-0.2, -0.15) is 0 Å². The Morgan fingerprint density at radius 2 is 2.00 bits per heavy atom. The van der Waals surface area contributed by atoms with Crippen LogP contribution < -0.4 is 5.32 Å². The third-order valence-electron chi connectivity index (χ3n) is 2.56. The summed E-state index contributed by atoms with van der Waals surface area (Å²) in [5.74, 6) is 0.800. The number of carbonyl (C=O) groups is 1. The third kappa shape index (κ3) is 3.66. The van der Waals surface area contributed by atoms with E-state index >= 15 is 0 Å². The molecule has 0 aromatic rings. The van der Waals surface area contributed by atoms with Crippen LogP contribution in [0.25, 0.3) is 0 Å². The highest BCUT2D eigenvalue weighted by atomic mass is 16.6. The fourth-order valence-corrected chi connectivity index (χ4v) is 1.68. The number of nitrogens with one attached hydrogen (secondary N) is 1. The minimum absolute atomic E-state index is 0.155. The Morgan fingerprint density at radius 1 is 1.38 bits per heavy atom. The lowest BCUT2D eigenvalue weighted by molar-refractivity contribution is 0.0667. The molecule has 1 aliphatic rings. The molecule has 1 N–H and O–H groups in total. The van der Waals surface area contributed by atoms with Crippen molar-refractivity contribution in [2.45, 2.75) is 45.6 Å². The van der Waals surface area contributed by atoms with Crippen LogP contribution in [0, 0.1) is 5.92 Å². The smallest absolute Gasteiger partial charge is 0.407 e. The van der Waals surface area contributed by atoms with Gasteiger partial charge in [-0.1, -0.05) is 6.92 Å². The van der Waals surface area contributed by atoms with Crippen molar-refractivity contribution >= 4 is 6.09 Å². The Morgan fingerprint density at radius 3 is 2.54 bits per heavy atom. The summed E-state index contributed by atoms with van der Waals surface area (Å²) in [7, 11) is 0. The molecule has 0 aromatic carbocycles. The zero-order valence-corrected chi connectivity index (χ0v) is 8.51. The van der Waals surface area contributed by atoms with E-state index < -0.39 is 0 Å². The fourth-order valence-electron chi connectivity index (χ4n) is 1.68. The summed E-state index contributed by atoms with van der Waals surface area (Å²) >= 11 is 0. The van der Waals surface area contributed by atoms with Gasteiger partial charge in [0, 0.05) is 6.54 Å². The fraction of sp³-hybridized carbons (Fsp3) is 0.900. The maximum Gasteiger partial charge on any atom is 0.407 e. The first-order valence-electron chi connectivity index (χ1n) is 5.16. The summed E-state index contributed by atoms with van der Waals surface area (Å²) in [6.45, 7) is 4.79. The molecule has 1 saturated carbocycles. The second kappa shape index (κ2) is 5.10. The number of carbonyl (C=O) groups excluding carboxylic acids is 1. The molecule has 1 amide bonds. The number of amides is 1. The van der Waals surface area contributed by atoms with Crippen molar-refractivity contribution in [3.63, 3.8) is 0 Å². The Hall–Kier alpha value is -0.730. The van der Waals surface area contributed by atoms with Gasteiger partial charge in [-0.3, -0.25) is 0 Å². The summed E-state index contributed by atoms with van der Waals surface area (Å²) in [6.07, 6.45) is 4.31. The molecule has 0 radical (unpaired) electrons. The monoisotopic (exact) mass is 185 g/mol. The number of hydrogen-bond acceptors (Lipinski definition) is 2. The van der Waals surface area contributed by atoms with Crippen molar-refractivity contribution in [3.8, 4) is 0 Å². The summed E-state index contributed by atoms with van der Waals surface area (Å²) in [6, 6.07) is 0. The van der Waals surface area contributed by atoms with Gasteiger partial charge in [-0.25, -0.2) is 4.79 Å². The predicted molar refractivity (Wildman–Crippen MR) is 51.6 cm³/mol. The molecule has 0 unspecified atom stereocenters. The molecule has 0 aromatic heterocycles. The highest BCUT2D eigenvalue weighted by Gasteiger charge is 2.20. The van der Waals surface area contributed by atoms with Crippen LogP contribution in [0.3, 0.4) is 0 Å². The van der Waals surface area contributed by atoms with Gasteiger partial charge in [-0.15, -0.1) is 0 Å². The molecule has 0 saturated heterocycles. The van der Waals surface area contributed by atoms with E-state index in [0.29, 0.717) is 6.54 Å². The molecule has 0 heterocycles. The van der Waals surface area contributed by atoms with Gasteiger partial charge in [0.2, 0.25) is 0 Å². The van der Waals surface area contributed by atoms with Gasteiger partial charge >= 0.3 is 6.09 Å². The van der Waals surface area contributed by atoms with Crippen LogP contribution in [-0.2, 0) is 4.74 Å². The van der Waals surface area contributed by atoms with E-state index in [1.165, 1.54) is 12.8 Å². The number of alkyl carbamates (subject to hydrolysis) is 1. The van der Waals surface area contributed by atoms with Gasteiger partial charge < -0.3 is 10.1 Å². The third-order valence-corrected chi connectivity index (χ3v) is 2.56. The van der Waals surface area contributed by atoms with Crippen molar-refractivity contribution in [2.75, 3.05) is 6.54 Å². The number of ether oxygens (including phenoxy) is 1. The Balaban J connectivity index is 2.18. The lowest BCUT2D eigenvalue weighted by Gasteiger charge is -2.25. The molecule has 1 rings (SSSR count). The average Bonchev–Trinajstić information content (AvgIpc) is 2.09. The van der Waals surface area contributed by atoms with Crippen LogP contribution in [0.15, 0.2) is 0 Å². The zero-order valence-electron chi connectivity index (χ0n) is 8.51. The topological polar surface area (TPSA) is 38.3 Å². The van der Waals surface area contributed by atoms with Crippen molar-refractivity contribution in [1.29, 1.82) is 0 Å². The van der Waals surface area contributed by atoms with Gasteiger partial charge in [0.15, 0.2) is 0 Å². The van der Waals surface area contributed by atoms with Crippen molar-refractivity contribution in [1.82, 2.24) is 5.32 Å². The molecule has 0 bridgehead atoms. The second-order valence-electron chi connectivity index (χ2n) is 3.82. The number of rotatable bonds is 2. The second-order valence-corrected chi connectivity index (χ2v) is 3.82. The van der Waals surface area contributed by atoms with Crippen LogP contribution in [0.4, 0.5) is 4.79 Å². The first kappa shape index (κ1) is 10.4. The molecule has 1 fully saturated rings. The first-order chi connectivity index (χ1) is 6.22. The zero-order chi connectivity index (χ0) is 9.68. The summed E-state index contributed by atoms with van der Waals surface area (Å²) < 4.78 is 5.23. The highest BCUT2D eigenvalue weighted by molar-refractivity contribution is 5.67. The predicted octanol–water partition coefficient (Wildman–Crippen LogP) is 2.31. The largest absolute Gasteiger partial charge is 0.446 e.